The van der Waals surface area contributed by atoms with Crippen molar-refractivity contribution in [2.24, 2.45) is 0 Å². The Labute approximate surface area is 70.8 Å². The zero-order valence-electron chi connectivity index (χ0n) is 6.82. The highest BCUT2D eigenvalue weighted by Crippen LogP contribution is 2.02. The third-order valence-electron chi connectivity index (χ3n) is 1.45. The number of aromatic hydroxyl groups is 1. The fraction of sp³-hybridized carbons (Fsp3) is 0.100. The lowest BCUT2D eigenvalue weighted by Crippen LogP contribution is -1.93. The molecule has 0 aromatic heterocycles. The van der Waals surface area contributed by atoms with E-state index in [4.69, 9.17) is 5.11 Å². The lowest BCUT2D eigenvalue weighted by Gasteiger charge is -1.81. The highest BCUT2D eigenvalue weighted by atomic mass is 16.3. The van der Waals surface area contributed by atoms with Crippen molar-refractivity contribution >= 4 is 6.08 Å². The summed E-state index contributed by atoms with van der Waals surface area (Å²) in [6.45, 7) is 1.87. The Balaban J connectivity index is 3.31. The quantitative estimate of drug-likeness (QED) is 0.683. The van der Waals surface area contributed by atoms with Crippen molar-refractivity contribution in [2.45, 2.75) is 6.92 Å². The van der Waals surface area contributed by atoms with E-state index < -0.39 is 0 Å². The Morgan fingerprint density at radius 1 is 1.42 bits per heavy atom. The molecule has 0 fully saturated rings. The van der Waals surface area contributed by atoms with E-state index in [2.05, 4.69) is 0 Å². The Morgan fingerprint density at radius 2 is 2.17 bits per heavy atom. The number of rotatable bonds is 1. The molecule has 2 nitrogen and oxygen atoms in total. The summed E-state index contributed by atoms with van der Waals surface area (Å²) in [5.74, 6) is -0.217. The van der Waals surface area contributed by atoms with E-state index in [1.807, 2.05) is 13.0 Å². The summed E-state index contributed by atoms with van der Waals surface area (Å²) in [5, 5.41) is 9.04. The van der Waals surface area contributed by atoms with Gasteiger partial charge in [0.1, 0.15) is 0 Å². The lowest BCUT2D eigenvalue weighted by atomic mass is 10.2. The molecule has 0 aliphatic heterocycles. The first kappa shape index (κ1) is 8.53. The average Bonchev–Trinajstić information content (AvgIpc) is 2.16. The summed E-state index contributed by atoms with van der Waals surface area (Å²) in [4.78, 5) is 11.0. The molecule has 0 heterocycles. The number of hydrogen-bond donors (Lipinski definition) is 1. The van der Waals surface area contributed by atoms with Gasteiger partial charge in [0.05, 0.1) is 0 Å². The Kier molecular flexibility index (Phi) is 2.64. The van der Waals surface area contributed by atoms with E-state index in [1.165, 1.54) is 12.1 Å². The van der Waals surface area contributed by atoms with Crippen LogP contribution in [0.5, 0.6) is 5.75 Å². The monoisotopic (exact) mass is 162 g/mol. The molecule has 0 saturated heterocycles. The molecule has 1 aromatic carbocycles. The van der Waals surface area contributed by atoms with Crippen molar-refractivity contribution < 1.29 is 5.11 Å². The van der Waals surface area contributed by atoms with Crippen LogP contribution in [0.4, 0.5) is 0 Å². The maximum Gasteiger partial charge on any atom is 0.220 e. The van der Waals surface area contributed by atoms with Gasteiger partial charge >= 0.3 is 0 Å². The third kappa shape index (κ3) is 1.95. The summed E-state index contributed by atoms with van der Waals surface area (Å²) in [5.41, 5.74) is 0.441. The largest absolute Gasteiger partial charge is 0.504 e. The molecule has 0 aliphatic carbocycles. The highest BCUT2D eigenvalue weighted by Gasteiger charge is 1.91. The molecule has 0 radical (unpaired) electrons. The van der Waals surface area contributed by atoms with Gasteiger partial charge in [0.25, 0.3) is 0 Å². The van der Waals surface area contributed by atoms with Crippen LogP contribution < -0.4 is 5.43 Å². The second kappa shape index (κ2) is 3.72. The van der Waals surface area contributed by atoms with E-state index in [9.17, 15) is 4.79 Å². The van der Waals surface area contributed by atoms with Crippen LogP contribution in [0.1, 0.15) is 12.5 Å². The number of hydrogen-bond acceptors (Lipinski definition) is 2. The van der Waals surface area contributed by atoms with Crippen LogP contribution in [0.15, 0.2) is 35.1 Å². The molecule has 1 aromatic rings. The summed E-state index contributed by atoms with van der Waals surface area (Å²) in [6, 6.07) is 6.19. The van der Waals surface area contributed by atoms with Crippen molar-refractivity contribution in [1.29, 1.82) is 0 Å². The standard InChI is InChI=1S/C10H10O2/c1-2-4-8-5-3-6-9(11)10(12)7-8/h2-7H,1H3,(H,11,12)/b4-2+. The molecule has 0 unspecified atom stereocenters. The molecule has 0 spiro atoms. The smallest absolute Gasteiger partial charge is 0.220 e. The summed E-state index contributed by atoms with van der Waals surface area (Å²) in [7, 11) is 0. The topological polar surface area (TPSA) is 37.3 Å². The Hall–Kier alpha value is -1.57. The van der Waals surface area contributed by atoms with Gasteiger partial charge in [0.15, 0.2) is 5.75 Å². The SMILES string of the molecule is C/C=C/c1cccc(O)c(=O)c1. The minimum atomic E-state index is -0.354. The summed E-state index contributed by atoms with van der Waals surface area (Å²) >= 11 is 0. The van der Waals surface area contributed by atoms with Gasteiger partial charge in [0, 0.05) is 0 Å². The Bertz CT molecular complexity index is 353. The van der Waals surface area contributed by atoms with Crippen molar-refractivity contribution in [3.63, 3.8) is 0 Å². The van der Waals surface area contributed by atoms with Gasteiger partial charge in [-0.15, -0.1) is 0 Å². The first-order valence-corrected chi connectivity index (χ1v) is 3.70. The minimum Gasteiger partial charge on any atom is -0.504 e. The summed E-state index contributed by atoms with van der Waals surface area (Å²) < 4.78 is 0. The zero-order chi connectivity index (χ0) is 8.97. The average molecular weight is 162 g/mol. The van der Waals surface area contributed by atoms with E-state index in [1.54, 1.807) is 18.2 Å². The molecule has 2 heteroatoms. The van der Waals surface area contributed by atoms with Crippen LogP contribution >= 0.6 is 0 Å². The van der Waals surface area contributed by atoms with Crippen LogP contribution in [-0.2, 0) is 0 Å². The predicted molar refractivity (Wildman–Crippen MR) is 49.1 cm³/mol. The van der Waals surface area contributed by atoms with Crippen LogP contribution in [-0.4, -0.2) is 5.11 Å². The number of allylic oxidation sites excluding steroid dienone is 1. The molecular weight excluding hydrogens is 152 g/mol. The van der Waals surface area contributed by atoms with Crippen molar-refractivity contribution in [1.82, 2.24) is 0 Å². The van der Waals surface area contributed by atoms with Crippen molar-refractivity contribution in [3.8, 4) is 5.75 Å². The van der Waals surface area contributed by atoms with Gasteiger partial charge in [-0.05, 0) is 24.6 Å². The summed E-state index contributed by atoms with van der Waals surface area (Å²) in [6.07, 6.45) is 3.65. The maximum atomic E-state index is 11.0. The van der Waals surface area contributed by atoms with Crippen LogP contribution in [0.25, 0.3) is 6.08 Å². The maximum absolute atomic E-state index is 11.0. The van der Waals surface area contributed by atoms with Crippen molar-refractivity contribution in [2.75, 3.05) is 0 Å². The van der Waals surface area contributed by atoms with Gasteiger partial charge in [0.2, 0.25) is 5.43 Å². The molecule has 0 atom stereocenters. The molecule has 0 bridgehead atoms. The second-order valence-electron chi connectivity index (χ2n) is 2.42. The molecule has 1 rings (SSSR count). The minimum absolute atomic E-state index is 0.217. The lowest BCUT2D eigenvalue weighted by molar-refractivity contribution is 0.471. The van der Waals surface area contributed by atoms with E-state index in [-0.39, 0.29) is 11.2 Å². The normalized spacial score (nSPS) is 10.4. The molecule has 1 N–H and O–H groups in total. The molecule has 0 aliphatic rings. The first-order valence-electron chi connectivity index (χ1n) is 3.70. The van der Waals surface area contributed by atoms with Crippen LogP contribution in [0.2, 0.25) is 0 Å². The van der Waals surface area contributed by atoms with Gasteiger partial charge in [-0.1, -0.05) is 24.3 Å². The zero-order valence-corrected chi connectivity index (χ0v) is 6.82. The molecule has 62 valence electrons. The van der Waals surface area contributed by atoms with Gasteiger partial charge in [-0.3, -0.25) is 4.79 Å². The Morgan fingerprint density at radius 3 is 2.83 bits per heavy atom. The fourth-order valence-corrected chi connectivity index (χ4v) is 0.902. The highest BCUT2D eigenvalue weighted by molar-refractivity contribution is 5.48. The van der Waals surface area contributed by atoms with E-state index in [0.29, 0.717) is 0 Å². The molecule has 12 heavy (non-hydrogen) atoms. The molecular formula is C10H10O2. The van der Waals surface area contributed by atoms with Gasteiger partial charge in [-0.2, -0.15) is 0 Å². The fourth-order valence-electron chi connectivity index (χ4n) is 0.902. The van der Waals surface area contributed by atoms with Crippen LogP contribution in [0.3, 0.4) is 0 Å². The van der Waals surface area contributed by atoms with Gasteiger partial charge in [-0.25, -0.2) is 0 Å². The first-order chi connectivity index (χ1) is 5.74. The molecule has 0 saturated carbocycles. The van der Waals surface area contributed by atoms with Gasteiger partial charge < -0.3 is 5.11 Å². The van der Waals surface area contributed by atoms with E-state index >= 15 is 0 Å². The van der Waals surface area contributed by atoms with E-state index in [0.717, 1.165) is 5.56 Å². The van der Waals surface area contributed by atoms with Crippen LogP contribution in [0, 0.1) is 0 Å². The third-order valence-corrected chi connectivity index (χ3v) is 1.45. The molecule has 0 amide bonds. The van der Waals surface area contributed by atoms with Crippen molar-refractivity contribution in [3.05, 3.63) is 46.1 Å². The predicted octanol–water partition coefficient (Wildman–Crippen LogP) is 1.79. The second-order valence-corrected chi connectivity index (χ2v) is 2.42.